The van der Waals surface area contributed by atoms with Gasteiger partial charge in [-0.1, -0.05) is 28.1 Å². The van der Waals surface area contributed by atoms with Crippen LogP contribution in [-0.4, -0.2) is 23.4 Å². The topological polar surface area (TPSA) is 60.6 Å². The van der Waals surface area contributed by atoms with Gasteiger partial charge in [0.2, 0.25) is 11.8 Å². The lowest BCUT2D eigenvalue weighted by molar-refractivity contribution is 0.171. The summed E-state index contributed by atoms with van der Waals surface area (Å²) in [4.78, 5) is 3.44. The number of anilines is 1. The Bertz CT molecular complexity index is 1150. The third-order valence-electron chi connectivity index (χ3n) is 4.68. The summed E-state index contributed by atoms with van der Waals surface area (Å²) < 4.78 is 18.4. The van der Waals surface area contributed by atoms with Gasteiger partial charge in [-0.2, -0.15) is 0 Å². The van der Waals surface area contributed by atoms with E-state index in [1.807, 2.05) is 42.5 Å². The van der Waals surface area contributed by atoms with Crippen LogP contribution in [0.3, 0.4) is 0 Å². The molecule has 152 valence electrons. The second kappa shape index (κ2) is 8.49. The van der Waals surface area contributed by atoms with Crippen LogP contribution in [0.25, 0.3) is 11.5 Å². The summed E-state index contributed by atoms with van der Waals surface area (Å²) in [5.41, 5.74) is 1.89. The van der Waals surface area contributed by atoms with Crippen molar-refractivity contribution >= 4 is 33.0 Å². The lowest BCUT2D eigenvalue weighted by atomic mass is 10.2. The number of hydrogen-bond acceptors (Lipinski definition) is 7. The highest BCUT2D eigenvalue weighted by Gasteiger charge is 2.18. The van der Waals surface area contributed by atoms with E-state index < -0.39 is 0 Å². The molecule has 0 N–H and O–H groups in total. The summed E-state index contributed by atoms with van der Waals surface area (Å²) in [6.07, 6.45) is 0. The maximum absolute atomic E-state index is 5.97. The van der Waals surface area contributed by atoms with Gasteiger partial charge < -0.3 is 18.8 Å². The standard InChI is InChI=1S/C22H18BrN3O3S/c23-16-4-1-3-15(11-16)22-25-24-21(29-22)14-26(13-18-5-2-10-30-18)17-6-7-19-20(12-17)28-9-8-27-19/h1-7,10-12H,8-9,13-14H2. The molecule has 0 saturated heterocycles. The van der Waals surface area contributed by atoms with Crippen molar-refractivity contribution in [3.63, 3.8) is 0 Å². The molecule has 5 rings (SSSR count). The van der Waals surface area contributed by atoms with Crippen molar-refractivity contribution in [2.24, 2.45) is 0 Å². The first-order chi connectivity index (χ1) is 14.7. The molecule has 0 spiro atoms. The van der Waals surface area contributed by atoms with E-state index in [-0.39, 0.29) is 0 Å². The molecule has 0 amide bonds. The van der Waals surface area contributed by atoms with Crippen LogP contribution in [0.15, 0.2) is 68.9 Å². The molecule has 0 radical (unpaired) electrons. The molecule has 0 aliphatic carbocycles. The number of thiophene rings is 1. The quantitative estimate of drug-likeness (QED) is 0.358. The van der Waals surface area contributed by atoms with E-state index >= 15 is 0 Å². The minimum Gasteiger partial charge on any atom is -0.486 e. The van der Waals surface area contributed by atoms with E-state index in [0.29, 0.717) is 31.5 Å². The minimum absolute atomic E-state index is 0.485. The third-order valence-corrected chi connectivity index (χ3v) is 6.04. The molecular formula is C22H18BrN3O3S. The van der Waals surface area contributed by atoms with Gasteiger partial charge in [0.05, 0.1) is 13.1 Å². The van der Waals surface area contributed by atoms with E-state index in [0.717, 1.165) is 33.8 Å². The van der Waals surface area contributed by atoms with Gasteiger partial charge in [0, 0.05) is 26.7 Å². The summed E-state index contributed by atoms with van der Waals surface area (Å²) in [5, 5.41) is 10.6. The number of aromatic nitrogens is 2. The van der Waals surface area contributed by atoms with Crippen molar-refractivity contribution in [2.75, 3.05) is 18.1 Å². The highest BCUT2D eigenvalue weighted by Crippen LogP contribution is 2.35. The molecule has 0 unspecified atom stereocenters. The third kappa shape index (κ3) is 4.20. The fourth-order valence-corrected chi connectivity index (χ4v) is 4.40. The monoisotopic (exact) mass is 483 g/mol. The lowest BCUT2D eigenvalue weighted by Gasteiger charge is -2.25. The van der Waals surface area contributed by atoms with E-state index in [4.69, 9.17) is 13.9 Å². The number of benzene rings is 2. The van der Waals surface area contributed by atoms with Gasteiger partial charge in [0.1, 0.15) is 13.2 Å². The molecule has 0 saturated carbocycles. The molecule has 1 aliphatic rings. The number of rotatable bonds is 6. The van der Waals surface area contributed by atoms with E-state index in [2.05, 4.69) is 48.5 Å². The summed E-state index contributed by atoms with van der Waals surface area (Å²) in [6, 6.07) is 18.0. The molecule has 3 heterocycles. The van der Waals surface area contributed by atoms with Gasteiger partial charge in [-0.15, -0.1) is 21.5 Å². The first kappa shape index (κ1) is 19.1. The van der Waals surface area contributed by atoms with Crippen LogP contribution in [0.2, 0.25) is 0 Å². The summed E-state index contributed by atoms with van der Waals surface area (Å²) in [6.45, 7) is 2.34. The van der Waals surface area contributed by atoms with E-state index in [1.165, 1.54) is 4.88 Å². The van der Waals surface area contributed by atoms with Gasteiger partial charge in [-0.05, 0) is 41.8 Å². The Morgan fingerprint density at radius 3 is 2.67 bits per heavy atom. The highest BCUT2D eigenvalue weighted by molar-refractivity contribution is 9.10. The Morgan fingerprint density at radius 1 is 0.933 bits per heavy atom. The van der Waals surface area contributed by atoms with Crippen molar-refractivity contribution in [1.82, 2.24) is 10.2 Å². The van der Waals surface area contributed by atoms with Crippen molar-refractivity contribution in [3.8, 4) is 23.0 Å². The first-order valence-corrected chi connectivity index (χ1v) is 11.2. The maximum Gasteiger partial charge on any atom is 0.247 e. The zero-order chi connectivity index (χ0) is 20.3. The normalized spacial score (nSPS) is 12.7. The van der Waals surface area contributed by atoms with Crippen LogP contribution in [-0.2, 0) is 13.1 Å². The largest absolute Gasteiger partial charge is 0.486 e. The first-order valence-electron chi connectivity index (χ1n) is 9.50. The van der Waals surface area contributed by atoms with Gasteiger partial charge in [-0.3, -0.25) is 0 Å². The SMILES string of the molecule is Brc1cccc(-c2nnc(CN(Cc3cccs3)c3ccc4c(c3)OCCO4)o2)c1. The number of fused-ring (bicyclic) bond motifs is 1. The van der Waals surface area contributed by atoms with Crippen LogP contribution in [0, 0.1) is 0 Å². The zero-order valence-electron chi connectivity index (χ0n) is 16.0. The van der Waals surface area contributed by atoms with Gasteiger partial charge in [-0.25, -0.2) is 0 Å². The van der Waals surface area contributed by atoms with Crippen molar-refractivity contribution in [3.05, 3.63) is 75.2 Å². The molecule has 30 heavy (non-hydrogen) atoms. The lowest BCUT2D eigenvalue weighted by Crippen LogP contribution is -2.22. The van der Waals surface area contributed by atoms with Crippen molar-refractivity contribution < 1.29 is 13.9 Å². The maximum atomic E-state index is 5.97. The van der Waals surface area contributed by atoms with Gasteiger partial charge in [0.15, 0.2) is 11.5 Å². The minimum atomic E-state index is 0.485. The second-order valence-electron chi connectivity index (χ2n) is 6.77. The Labute approximate surface area is 186 Å². The number of hydrogen-bond donors (Lipinski definition) is 0. The molecule has 0 fully saturated rings. The van der Waals surface area contributed by atoms with E-state index in [1.54, 1.807) is 11.3 Å². The van der Waals surface area contributed by atoms with E-state index in [9.17, 15) is 0 Å². The highest BCUT2D eigenvalue weighted by atomic mass is 79.9. The van der Waals surface area contributed by atoms with Crippen LogP contribution >= 0.6 is 27.3 Å². The number of nitrogens with zero attached hydrogens (tertiary/aromatic N) is 3. The number of ether oxygens (including phenoxy) is 2. The van der Waals surface area contributed by atoms with Gasteiger partial charge >= 0.3 is 0 Å². The average molecular weight is 484 g/mol. The summed E-state index contributed by atoms with van der Waals surface area (Å²) >= 11 is 5.20. The smallest absolute Gasteiger partial charge is 0.247 e. The Morgan fingerprint density at radius 2 is 1.83 bits per heavy atom. The van der Waals surface area contributed by atoms with Crippen LogP contribution in [0.1, 0.15) is 10.8 Å². The van der Waals surface area contributed by atoms with Crippen LogP contribution in [0.4, 0.5) is 5.69 Å². The Balaban J connectivity index is 1.43. The molecule has 8 heteroatoms. The molecular weight excluding hydrogens is 466 g/mol. The average Bonchev–Trinajstić information content (AvgIpc) is 3.45. The summed E-state index contributed by atoms with van der Waals surface area (Å²) in [5.74, 6) is 2.59. The van der Waals surface area contributed by atoms with Crippen molar-refractivity contribution in [1.29, 1.82) is 0 Å². The molecule has 0 atom stereocenters. The number of halogens is 1. The zero-order valence-corrected chi connectivity index (χ0v) is 18.4. The molecule has 1 aliphatic heterocycles. The van der Waals surface area contributed by atoms with Gasteiger partial charge in [0.25, 0.3) is 0 Å². The van der Waals surface area contributed by atoms with Crippen molar-refractivity contribution in [2.45, 2.75) is 13.1 Å². The van der Waals surface area contributed by atoms with Crippen LogP contribution in [0.5, 0.6) is 11.5 Å². The molecule has 2 aromatic carbocycles. The molecule has 4 aromatic rings. The Kier molecular flexibility index (Phi) is 5.42. The Hall–Kier alpha value is -2.84. The molecule has 0 bridgehead atoms. The fraction of sp³-hybridized carbons (Fsp3) is 0.182. The fourth-order valence-electron chi connectivity index (χ4n) is 3.28. The second-order valence-corrected chi connectivity index (χ2v) is 8.72. The molecule has 2 aromatic heterocycles. The predicted molar refractivity (Wildman–Crippen MR) is 119 cm³/mol. The van der Waals surface area contributed by atoms with Crippen LogP contribution < -0.4 is 14.4 Å². The molecule has 6 nitrogen and oxygen atoms in total. The summed E-state index contributed by atoms with van der Waals surface area (Å²) in [7, 11) is 0. The predicted octanol–water partition coefficient (Wildman–Crippen LogP) is 5.54.